The van der Waals surface area contributed by atoms with Crippen LogP contribution in [-0.2, 0) is 6.42 Å². The highest BCUT2D eigenvalue weighted by molar-refractivity contribution is 5.34. The number of ether oxygens (including phenoxy) is 1. The lowest BCUT2D eigenvalue weighted by Gasteiger charge is -2.38. The first kappa shape index (κ1) is 15.2. The van der Waals surface area contributed by atoms with Crippen LogP contribution in [0.4, 0.5) is 13.2 Å². The van der Waals surface area contributed by atoms with Gasteiger partial charge in [-0.3, -0.25) is 0 Å². The minimum Gasteiger partial charge on any atom is -0.496 e. The van der Waals surface area contributed by atoms with Crippen LogP contribution in [0.2, 0.25) is 0 Å². The van der Waals surface area contributed by atoms with Crippen molar-refractivity contribution in [3.8, 4) is 5.75 Å². The highest BCUT2D eigenvalue weighted by Gasteiger charge is 2.44. The number of hydrogen-bond donors (Lipinski definition) is 1. The molecule has 0 aliphatic heterocycles. The molecule has 2 N–H and O–H groups in total. The molecule has 2 rings (SSSR count). The Bertz CT molecular complexity index is 451. The van der Waals surface area contributed by atoms with Gasteiger partial charge in [0, 0.05) is 5.54 Å². The molecule has 0 bridgehead atoms. The third kappa shape index (κ3) is 3.45. The number of para-hydroxylation sites is 1. The Morgan fingerprint density at radius 2 is 1.85 bits per heavy atom. The molecule has 0 heterocycles. The fraction of sp³-hybridized carbons (Fsp3) is 0.600. The van der Waals surface area contributed by atoms with E-state index in [0.717, 1.165) is 11.3 Å². The van der Waals surface area contributed by atoms with Gasteiger partial charge in [-0.2, -0.15) is 13.2 Å². The molecule has 0 radical (unpaired) electrons. The van der Waals surface area contributed by atoms with Gasteiger partial charge in [0.25, 0.3) is 0 Å². The SMILES string of the molecule is COc1ccccc1CC1(N)CCC(C(F)(F)F)CC1. The number of nitrogens with two attached hydrogens (primary N) is 1. The van der Waals surface area contributed by atoms with Crippen LogP contribution in [0.15, 0.2) is 24.3 Å². The summed E-state index contributed by atoms with van der Waals surface area (Å²) in [6.45, 7) is 0. The van der Waals surface area contributed by atoms with E-state index in [9.17, 15) is 13.2 Å². The van der Waals surface area contributed by atoms with Crippen molar-refractivity contribution >= 4 is 0 Å². The molecule has 5 heteroatoms. The number of rotatable bonds is 3. The van der Waals surface area contributed by atoms with Gasteiger partial charge in [0.05, 0.1) is 13.0 Å². The largest absolute Gasteiger partial charge is 0.496 e. The second-order valence-electron chi connectivity index (χ2n) is 5.67. The van der Waals surface area contributed by atoms with Gasteiger partial charge in [0.15, 0.2) is 0 Å². The monoisotopic (exact) mass is 287 g/mol. The highest BCUT2D eigenvalue weighted by Crippen LogP contribution is 2.41. The predicted octanol–water partition coefficient (Wildman–Crippen LogP) is 3.69. The molecular weight excluding hydrogens is 267 g/mol. The second-order valence-corrected chi connectivity index (χ2v) is 5.67. The van der Waals surface area contributed by atoms with Crippen molar-refractivity contribution in [3.05, 3.63) is 29.8 Å². The zero-order chi connectivity index (χ0) is 14.8. The van der Waals surface area contributed by atoms with Crippen LogP contribution < -0.4 is 10.5 Å². The van der Waals surface area contributed by atoms with E-state index in [1.807, 2.05) is 24.3 Å². The molecule has 0 aromatic heterocycles. The molecule has 1 aliphatic rings. The summed E-state index contributed by atoms with van der Waals surface area (Å²) in [5.41, 5.74) is 6.70. The van der Waals surface area contributed by atoms with E-state index < -0.39 is 17.6 Å². The molecule has 1 aliphatic carbocycles. The second kappa shape index (κ2) is 5.64. The molecule has 0 atom stereocenters. The molecule has 0 amide bonds. The van der Waals surface area contributed by atoms with Crippen LogP contribution in [-0.4, -0.2) is 18.8 Å². The molecular formula is C15H20F3NO. The minimum absolute atomic E-state index is 0.120. The normalized spacial score (nSPS) is 27.4. The Morgan fingerprint density at radius 3 is 2.40 bits per heavy atom. The summed E-state index contributed by atoms with van der Waals surface area (Å²) in [6, 6.07) is 7.53. The summed E-state index contributed by atoms with van der Waals surface area (Å²) >= 11 is 0. The van der Waals surface area contributed by atoms with Crippen LogP contribution >= 0.6 is 0 Å². The molecule has 2 nitrogen and oxygen atoms in total. The molecule has 0 saturated heterocycles. The summed E-state index contributed by atoms with van der Waals surface area (Å²) in [7, 11) is 1.59. The maximum absolute atomic E-state index is 12.7. The van der Waals surface area contributed by atoms with E-state index in [1.165, 1.54) is 0 Å². The molecule has 20 heavy (non-hydrogen) atoms. The Morgan fingerprint density at radius 1 is 1.25 bits per heavy atom. The fourth-order valence-corrected chi connectivity index (χ4v) is 2.93. The smallest absolute Gasteiger partial charge is 0.391 e. The van der Waals surface area contributed by atoms with Crippen LogP contribution in [0, 0.1) is 5.92 Å². The lowest BCUT2D eigenvalue weighted by molar-refractivity contribution is -0.184. The van der Waals surface area contributed by atoms with Gasteiger partial charge in [-0.15, -0.1) is 0 Å². The van der Waals surface area contributed by atoms with Crippen LogP contribution in [0.5, 0.6) is 5.75 Å². The van der Waals surface area contributed by atoms with E-state index in [4.69, 9.17) is 10.5 Å². The number of halogens is 3. The number of methoxy groups -OCH3 is 1. The molecule has 112 valence electrons. The predicted molar refractivity (Wildman–Crippen MR) is 71.6 cm³/mol. The number of alkyl halides is 3. The van der Waals surface area contributed by atoms with E-state index in [-0.39, 0.29) is 12.8 Å². The molecule has 1 aromatic carbocycles. The average molecular weight is 287 g/mol. The summed E-state index contributed by atoms with van der Waals surface area (Å²) in [6.07, 6.45) is -2.50. The maximum atomic E-state index is 12.7. The van der Waals surface area contributed by atoms with E-state index in [0.29, 0.717) is 19.3 Å². The summed E-state index contributed by atoms with van der Waals surface area (Å²) < 4.78 is 43.3. The lowest BCUT2D eigenvalue weighted by atomic mass is 9.74. The first-order valence-corrected chi connectivity index (χ1v) is 6.81. The third-order valence-corrected chi connectivity index (χ3v) is 4.18. The zero-order valence-corrected chi connectivity index (χ0v) is 11.5. The van der Waals surface area contributed by atoms with Gasteiger partial charge in [-0.1, -0.05) is 18.2 Å². The lowest BCUT2D eigenvalue weighted by Crippen LogP contribution is -2.47. The molecule has 0 spiro atoms. The Labute approximate surface area is 117 Å². The van der Waals surface area contributed by atoms with Gasteiger partial charge in [0.1, 0.15) is 5.75 Å². The van der Waals surface area contributed by atoms with Gasteiger partial charge < -0.3 is 10.5 Å². The maximum Gasteiger partial charge on any atom is 0.391 e. The molecule has 0 unspecified atom stereocenters. The summed E-state index contributed by atoms with van der Waals surface area (Å²) in [5, 5.41) is 0. The van der Waals surface area contributed by atoms with Gasteiger partial charge in [0.2, 0.25) is 0 Å². The highest BCUT2D eigenvalue weighted by atomic mass is 19.4. The van der Waals surface area contributed by atoms with Crippen molar-refractivity contribution in [3.63, 3.8) is 0 Å². The number of hydrogen-bond acceptors (Lipinski definition) is 2. The average Bonchev–Trinajstić information content (AvgIpc) is 2.38. The van der Waals surface area contributed by atoms with E-state index >= 15 is 0 Å². The van der Waals surface area contributed by atoms with Gasteiger partial charge in [-0.05, 0) is 43.7 Å². The Hall–Kier alpha value is -1.23. The van der Waals surface area contributed by atoms with Crippen LogP contribution in [0.1, 0.15) is 31.2 Å². The van der Waals surface area contributed by atoms with Gasteiger partial charge >= 0.3 is 6.18 Å². The van der Waals surface area contributed by atoms with E-state index in [2.05, 4.69) is 0 Å². The van der Waals surface area contributed by atoms with Crippen molar-refractivity contribution in [2.75, 3.05) is 7.11 Å². The Kier molecular flexibility index (Phi) is 4.28. The molecule has 1 saturated carbocycles. The first-order valence-electron chi connectivity index (χ1n) is 6.81. The van der Waals surface area contributed by atoms with Crippen LogP contribution in [0.25, 0.3) is 0 Å². The fourth-order valence-electron chi connectivity index (χ4n) is 2.93. The topological polar surface area (TPSA) is 35.2 Å². The zero-order valence-electron chi connectivity index (χ0n) is 11.5. The van der Waals surface area contributed by atoms with Crippen molar-refractivity contribution in [1.29, 1.82) is 0 Å². The Balaban J connectivity index is 2.03. The summed E-state index contributed by atoms with van der Waals surface area (Å²) in [4.78, 5) is 0. The third-order valence-electron chi connectivity index (χ3n) is 4.18. The quantitative estimate of drug-likeness (QED) is 0.920. The molecule has 1 fully saturated rings. The van der Waals surface area contributed by atoms with Gasteiger partial charge in [-0.25, -0.2) is 0 Å². The summed E-state index contributed by atoms with van der Waals surface area (Å²) in [5.74, 6) is -0.452. The van der Waals surface area contributed by atoms with Crippen molar-refractivity contribution < 1.29 is 17.9 Å². The van der Waals surface area contributed by atoms with Crippen LogP contribution in [0.3, 0.4) is 0 Å². The van der Waals surface area contributed by atoms with Crippen molar-refractivity contribution in [2.24, 2.45) is 11.7 Å². The minimum atomic E-state index is -4.09. The standard InChI is InChI=1S/C15H20F3NO/c1-20-13-5-3-2-4-11(13)10-14(19)8-6-12(7-9-14)15(16,17)18/h2-5,12H,6-10,19H2,1H3. The van der Waals surface area contributed by atoms with E-state index in [1.54, 1.807) is 7.11 Å². The van der Waals surface area contributed by atoms with Crippen molar-refractivity contribution in [1.82, 2.24) is 0 Å². The van der Waals surface area contributed by atoms with Crippen molar-refractivity contribution in [2.45, 2.75) is 43.8 Å². The number of benzene rings is 1. The first-order chi connectivity index (χ1) is 9.34. The molecule has 1 aromatic rings.